The molecule has 1 N–H and O–H groups in total. The molecule has 0 saturated carbocycles. The van der Waals surface area contributed by atoms with Gasteiger partial charge in [-0.1, -0.05) is 6.07 Å². The monoisotopic (exact) mass is 381 g/mol. The van der Waals surface area contributed by atoms with E-state index in [1.54, 1.807) is 23.1 Å². The fourth-order valence-corrected chi connectivity index (χ4v) is 4.46. The number of sulfonamides is 1. The topological polar surface area (TPSA) is 69.7 Å². The maximum Gasteiger partial charge on any atom is 0.243 e. The Morgan fingerprint density at radius 2 is 1.88 bits per heavy atom. The molecule has 0 atom stereocenters. The summed E-state index contributed by atoms with van der Waals surface area (Å²) in [6.45, 7) is 6.14. The molecule has 146 valence electrons. The Hall–Kier alpha value is -1.44. The molecular formula is C19H31N3O3S. The summed E-state index contributed by atoms with van der Waals surface area (Å²) in [4.78, 5) is 14.6. The minimum absolute atomic E-state index is 0.115. The van der Waals surface area contributed by atoms with Crippen LogP contribution in [-0.2, 0) is 14.8 Å². The van der Waals surface area contributed by atoms with Crippen LogP contribution in [-0.4, -0.2) is 63.8 Å². The first-order valence-corrected chi connectivity index (χ1v) is 10.7. The van der Waals surface area contributed by atoms with Crippen LogP contribution in [0.3, 0.4) is 0 Å². The number of hydrogen-bond donors (Lipinski definition) is 1. The van der Waals surface area contributed by atoms with Gasteiger partial charge in [-0.15, -0.1) is 0 Å². The lowest BCUT2D eigenvalue weighted by Crippen LogP contribution is -2.44. The first kappa shape index (κ1) is 20.9. The number of piperidine rings is 1. The molecule has 0 bridgehead atoms. The molecule has 6 nitrogen and oxygen atoms in total. The van der Waals surface area contributed by atoms with Crippen molar-refractivity contribution >= 4 is 15.9 Å². The van der Waals surface area contributed by atoms with Gasteiger partial charge >= 0.3 is 0 Å². The third kappa shape index (κ3) is 5.05. The van der Waals surface area contributed by atoms with Gasteiger partial charge in [-0.25, -0.2) is 8.42 Å². The summed E-state index contributed by atoms with van der Waals surface area (Å²) in [5.41, 5.74) is 1.97. The zero-order valence-corrected chi connectivity index (χ0v) is 17.1. The molecule has 7 heteroatoms. The van der Waals surface area contributed by atoms with Gasteiger partial charge < -0.3 is 10.2 Å². The van der Waals surface area contributed by atoms with E-state index in [9.17, 15) is 13.2 Å². The highest BCUT2D eigenvalue weighted by Gasteiger charge is 2.27. The van der Waals surface area contributed by atoms with Gasteiger partial charge in [-0.05, 0) is 75.9 Å². The van der Waals surface area contributed by atoms with Crippen molar-refractivity contribution in [3.8, 4) is 0 Å². The normalized spacial score (nSPS) is 16.3. The predicted molar refractivity (Wildman–Crippen MR) is 104 cm³/mol. The van der Waals surface area contributed by atoms with Crippen LogP contribution < -0.4 is 5.32 Å². The summed E-state index contributed by atoms with van der Waals surface area (Å²) in [6, 6.07) is 5.07. The second-order valence-electron chi connectivity index (χ2n) is 7.22. The van der Waals surface area contributed by atoms with Crippen molar-refractivity contribution in [2.24, 2.45) is 5.92 Å². The van der Waals surface area contributed by atoms with Crippen LogP contribution in [0.4, 0.5) is 0 Å². The molecule has 0 aromatic heterocycles. The van der Waals surface area contributed by atoms with Crippen molar-refractivity contribution in [1.82, 2.24) is 14.5 Å². The van der Waals surface area contributed by atoms with E-state index in [0.717, 1.165) is 41.2 Å². The van der Waals surface area contributed by atoms with Gasteiger partial charge in [0.2, 0.25) is 15.9 Å². The molecule has 1 aliphatic heterocycles. The van der Waals surface area contributed by atoms with E-state index in [4.69, 9.17) is 0 Å². The predicted octanol–water partition coefficient (Wildman–Crippen LogP) is 1.77. The highest BCUT2D eigenvalue weighted by molar-refractivity contribution is 7.89. The number of carbonyl (C=O) groups is 1. The summed E-state index contributed by atoms with van der Waals surface area (Å²) < 4.78 is 26.6. The lowest BCUT2D eigenvalue weighted by molar-refractivity contribution is -0.132. The smallest absolute Gasteiger partial charge is 0.243 e. The quantitative estimate of drug-likeness (QED) is 0.782. The number of amides is 1. The molecule has 1 heterocycles. The van der Waals surface area contributed by atoms with Gasteiger partial charge in [0.1, 0.15) is 0 Å². The van der Waals surface area contributed by atoms with Gasteiger partial charge in [0.15, 0.2) is 0 Å². The fourth-order valence-electron chi connectivity index (χ4n) is 3.25. The van der Waals surface area contributed by atoms with Crippen LogP contribution in [0.1, 0.15) is 30.4 Å². The van der Waals surface area contributed by atoms with Gasteiger partial charge in [0, 0.05) is 20.1 Å². The van der Waals surface area contributed by atoms with E-state index in [1.807, 2.05) is 20.9 Å². The second kappa shape index (κ2) is 8.97. The highest BCUT2D eigenvalue weighted by atomic mass is 32.2. The van der Waals surface area contributed by atoms with Crippen LogP contribution >= 0.6 is 0 Å². The summed E-state index contributed by atoms with van der Waals surface area (Å²) in [5.74, 6) is 0.524. The Bertz CT molecular complexity index is 726. The molecule has 0 radical (unpaired) electrons. The number of aryl methyl sites for hydroxylation is 2. The van der Waals surface area contributed by atoms with Crippen LogP contribution in [0.5, 0.6) is 0 Å². The number of hydrogen-bond acceptors (Lipinski definition) is 4. The maximum atomic E-state index is 12.7. The number of likely N-dealkylation sites (tertiary alicyclic amines) is 1. The zero-order chi connectivity index (χ0) is 19.3. The number of likely N-dealkylation sites (N-methyl/N-ethyl adjacent to an activating group) is 1. The third-order valence-electron chi connectivity index (χ3n) is 5.31. The van der Waals surface area contributed by atoms with E-state index >= 15 is 0 Å². The van der Waals surface area contributed by atoms with E-state index in [-0.39, 0.29) is 17.3 Å². The highest BCUT2D eigenvalue weighted by Crippen LogP contribution is 2.21. The van der Waals surface area contributed by atoms with Crippen LogP contribution in [0.15, 0.2) is 23.1 Å². The zero-order valence-electron chi connectivity index (χ0n) is 16.3. The van der Waals surface area contributed by atoms with Crippen molar-refractivity contribution in [3.05, 3.63) is 29.3 Å². The van der Waals surface area contributed by atoms with Crippen molar-refractivity contribution < 1.29 is 13.2 Å². The lowest BCUT2D eigenvalue weighted by Gasteiger charge is -2.33. The number of nitrogens with one attached hydrogen (secondary N) is 1. The first-order chi connectivity index (χ1) is 12.3. The molecule has 26 heavy (non-hydrogen) atoms. The standard InChI is InChI=1S/C19H31N3O3S/c1-15-5-6-18(13-16(15)2)26(24,25)21(4)14-19(23)22-11-8-17(9-12-22)7-10-20-3/h5-6,13,17,20H,7-12,14H2,1-4H3. The molecule has 1 aromatic carbocycles. The minimum Gasteiger partial charge on any atom is -0.342 e. The van der Waals surface area contributed by atoms with E-state index in [2.05, 4.69) is 5.32 Å². The van der Waals surface area contributed by atoms with Crippen LogP contribution in [0, 0.1) is 19.8 Å². The van der Waals surface area contributed by atoms with Crippen LogP contribution in [0.25, 0.3) is 0 Å². The first-order valence-electron chi connectivity index (χ1n) is 9.21. The molecule has 2 rings (SSSR count). The Balaban J connectivity index is 1.95. The number of carbonyl (C=O) groups excluding carboxylic acids is 1. The molecule has 0 aliphatic carbocycles. The Kier molecular flexibility index (Phi) is 7.20. The Labute approximate surface area is 157 Å². The SMILES string of the molecule is CNCCC1CCN(C(=O)CN(C)S(=O)(=O)c2ccc(C)c(C)c2)CC1. The molecule has 1 amide bonds. The van der Waals surface area contributed by atoms with Crippen molar-refractivity contribution in [3.63, 3.8) is 0 Å². The molecule has 1 aromatic rings. The summed E-state index contributed by atoms with van der Waals surface area (Å²) in [5, 5.41) is 3.16. The second-order valence-corrected chi connectivity index (χ2v) is 9.27. The molecule has 1 fully saturated rings. The maximum absolute atomic E-state index is 12.7. The third-order valence-corrected chi connectivity index (χ3v) is 7.11. The van der Waals surface area contributed by atoms with Crippen molar-refractivity contribution in [2.75, 3.05) is 40.3 Å². The summed E-state index contributed by atoms with van der Waals surface area (Å²) in [6.07, 6.45) is 3.10. The van der Waals surface area contributed by atoms with E-state index in [1.165, 1.54) is 7.05 Å². The van der Waals surface area contributed by atoms with Gasteiger partial charge in [-0.3, -0.25) is 4.79 Å². The van der Waals surface area contributed by atoms with E-state index in [0.29, 0.717) is 19.0 Å². The molecule has 0 unspecified atom stereocenters. The average molecular weight is 382 g/mol. The number of rotatable bonds is 7. The Morgan fingerprint density at radius 1 is 1.23 bits per heavy atom. The summed E-state index contributed by atoms with van der Waals surface area (Å²) in [7, 11) is -0.234. The van der Waals surface area contributed by atoms with Gasteiger partial charge in [0.05, 0.1) is 11.4 Å². The number of nitrogens with zero attached hydrogens (tertiary/aromatic N) is 2. The average Bonchev–Trinajstić information content (AvgIpc) is 2.62. The number of benzene rings is 1. The lowest BCUT2D eigenvalue weighted by atomic mass is 9.93. The Morgan fingerprint density at radius 3 is 2.46 bits per heavy atom. The van der Waals surface area contributed by atoms with E-state index < -0.39 is 10.0 Å². The molecule has 0 spiro atoms. The van der Waals surface area contributed by atoms with Gasteiger partial charge in [0.25, 0.3) is 0 Å². The minimum atomic E-state index is -3.66. The summed E-state index contributed by atoms with van der Waals surface area (Å²) >= 11 is 0. The van der Waals surface area contributed by atoms with Gasteiger partial charge in [-0.2, -0.15) is 4.31 Å². The van der Waals surface area contributed by atoms with Crippen LogP contribution in [0.2, 0.25) is 0 Å². The molecule has 1 saturated heterocycles. The van der Waals surface area contributed by atoms with Crippen molar-refractivity contribution in [2.45, 2.75) is 38.0 Å². The molecule has 1 aliphatic rings. The largest absolute Gasteiger partial charge is 0.342 e. The molecular weight excluding hydrogens is 350 g/mol. The van der Waals surface area contributed by atoms with Crippen molar-refractivity contribution in [1.29, 1.82) is 0 Å². The fraction of sp³-hybridized carbons (Fsp3) is 0.632.